The van der Waals surface area contributed by atoms with Crippen LogP contribution in [0.1, 0.15) is 67.5 Å². The summed E-state index contributed by atoms with van der Waals surface area (Å²) in [6.45, 7) is 8.14. The lowest BCUT2D eigenvalue weighted by atomic mass is 9.75. The largest absolute Gasteiger partial charge is 0.416 e. The predicted octanol–water partition coefficient (Wildman–Crippen LogP) is 7.18. The van der Waals surface area contributed by atoms with E-state index in [2.05, 4.69) is 26.8 Å². The van der Waals surface area contributed by atoms with Gasteiger partial charge in [0, 0.05) is 6.20 Å². The lowest BCUT2D eigenvalue weighted by Crippen LogP contribution is -2.17. The number of hydrogen-bond acceptors (Lipinski definition) is 1. The molecule has 0 bridgehead atoms. The Morgan fingerprint density at radius 2 is 1.79 bits per heavy atom. The number of benzene rings is 1. The van der Waals surface area contributed by atoms with Gasteiger partial charge in [-0.25, -0.2) is 0 Å². The number of fused-ring (bicyclic) bond motifs is 3. The molecule has 3 unspecified atom stereocenters. The molecule has 0 saturated carbocycles. The molecular weight excluding hydrogens is 359 g/mol. The molecule has 0 saturated heterocycles. The van der Waals surface area contributed by atoms with Gasteiger partial charge in [0.05, 0.1) is 11.3 Å². The van der Waals surface area contributed by atoms with Crippen LogP contribution in [0.3, 0.4) is 0 Å². The van der Waals surface area contributed by atoms with Gasteiger partial charge in [-0.15, -0.1) is 0 Å². The molecule has 148 valence electrons. The summed E-state index contributed by atoms with van der Waals surface area (Å²) < 4.78 is 40.6. The molecule has 3 atom stereocenters. The van der Waals surface area contributed by atoms with Gasteiger partial charge < -0.3 is 0 Å². The van der Waals surface area contributed by atoms with Gasteiger partial charge in [-0.1, -0.05) is 32.9 Å². The zero-order chi connectivity index (χ0) is 20.2. The molecule has 0 amide bonds. The van der Waals surface area contributed by atoms with Crippen LogP contribution < -0.4 is 0 Å². The van der Waals surface area contributed by atoms with Gasteiger partial charge in [0.2, 0.25) is 0 Å². The minimum atomic E-state index is -4.34. The quantitative estimate of drug-likeness (QED) is 0.506. The Kier molecular flexibility index (Phi) is 4.64. The molecule has 1 nitrogen and oxygen atoms in total. The van der Waals surface area contributed by atoms with Crippen molar-refractivity contribution in [3.63, 3.8) is 0 Å². The fourth-order valence-corrected chi connectivity index (χ4v) is 5.07. The molecule has 4 rings (SSSR count). The van der Waals surface area contributed by atoms with Crippen molar-refractivity contribution < 1.29 is 13.2 Å². The summed E-state index contributed by atoms with van der Waals surface area (Å²) in [6.07, 6.45) is 2.69. The van der Waals surface area contributed by atoms with Gasteiger partial charge in [-0.2, -0.15) is 13.2 Å². The number of nitrogens with zero attached hydrogens (tertiary/aromatic N) is 1. The van der Waals surface area contributed by atoms with E-state index in [4.69, 9.17) is 4.98 Å². The molecule has 2 aromatic rings. The Balaban J connectivity index is 1.91. The van der Waals surface area contributed by atoms with E-state index < -0.39 is 11.7 Å². The summed E-state index contributed by atoms with van der Waals surface area (Å²) in [5, 5.41) is 0. The highest BCUT2D eigenvalue weighted by Crippen LogP contribution is 2.46. The van der Waals surface area contributed by atoms with Gasteiger partial charge >= 0.3 is 6.18 Å². The van der Waals surface area contributed by atoms with Crippen molar-refractivity contribution in [3.05, 3.63) is 58.4 Å². The Labute approximate surface area is 164 Å². The third kappa shape index (κ3) is 3.27. The van der Waals surface area contributed by atoms with Crippen LogP contribution in [0, 0.1) is 18.8 Å². The van der Waals surface area contributed by atoms with Crippen LogP contribution in [0.4, 0.5) is 13.2 Å². The number of aryl methyl sites for hydroxylation is 1. The third-order valence-electron chi connectivity index (χ3n) is 6.22. The molecule has 0 spiro atoms. The van der Waals surface area contributed by atoms with Gasteiger partial charge in [-0.05, 0) is 89.5 Å². The number of allylic oxidation sites excluding steroid dienone is 2. The topological polar surface area (TPSA) is 12.9 Å². The van der Waals surface area contributed by atoms with Crippen molar-refractivity contribution in [2.24, 2.45) is 11.8 Å². The molecule has 1 aromatic heterocycles. The standard InChI is InChI=1S/C24H26F3N/c1-13-7-14(2)9-17(8-13)23-21-10-15(3)19-11-16(4)22(24(25,26)27)12-20(19)18(21)5-6-28-23/h5-6,8,11-15H,7,9-10H2,1-4H3. The maximum Gasteiger partial charge on any atom is 0.416 e. The fraction of sp³-hybridized carbons (Fsp3) is 0.458. The van der Waals surface area contributed by atoms with E-state index in [0.717, 1.165) is 35.2 Å². The number of alkyl halides is 3. The lowest BCUT2D eigenvalue weighted by Gasteiger charge is -2.30. The smallest absolute Gasteiger partial charge is 0.256 e. The molecule has 4 heteroatoms. The summed E-state index contributed by atoms with van der Waals surface area (Å²) in [5.41, 5.74) is 5.74. The predicted molar refractivity (Wildman–Crippen MR) is 107 cm³/mol. The van der Waals surface area contributed by atoms with Crippen molar-refractivity contribution in [1.82, 2.24) is 4.98 Å². The average molecular weight is 385 g/mol. The second kappa shape index (κ2) is 6.75. The fourth-order valence-electron chi connectivity index (χ4n) is 5.07. The first-order chi connectivity index (χ1) is 13.1. The van der Waals surface area contributed by atoms with E-state index in [1.807, 2.05) is 6.07 Å². The zero-order valence-electron chi connectivity index (χ0n) is 16.8. The van der Waals surface area contributed by atoms with Gasteiger partial charge in [0.1, 0.15) is 0 Å². The van der Waals surface area contributed by atoms with Gasteiger partial charge in [-0.3, -0.25) is 4.98 Å². The Morgan fingerprint density at radius 1 is 1.04 bits per heavy atom. The van der Waals surface area contributed by atoms with Crippen LogP contribution in [-0.2, 0) is 12.6 Å². The highest BCUT2D eigenvalue weighted by atomic mass is 19.4. The van der Waals surface area contributed by atoms with Crippen molar-refractivity contribution in [1.29, 1.82) is 0 Å². The van der Waals surface area contributed by atoms with Crippen LogP contribution in [0.15, 0.2) is 30.5 Å². The van der Waals surface area contributed by atoms with E-state index in [-0.39, 0.29) is 5.92 Å². The maximum absolute atomic E-state index is 13.5. The van der Waals surface area contributed by atoms with Crippen LogP contribution >= 0.6 is 0 Å². The molecule has 0 fully saturated rings. The highest BCUT2D eigenvalue weighted by molar-refractivity contribution is 5.80. The third-order valence-corrected chi connectivity index (χ3v) is 6.22. The zero-order valence-corrected chi connectivity index (χ0v) is 16.8. The second-order valence-corrected chi connectivity index (χ2v) is 8.76. The summed E-state index contributed by atoms with van der Waals surface area (Å²) in [7, 11) is 0. The molecule has 2 aliphatic rings. The summed E-state index contributed by atoms with van der Waals surface area (Å²) >= 11 is 0. The first-order valence-electron chi connectivity index (χ1n) is 10.1. The highest BCUT2D eigenvalue weighted by Gasteiger charge is 2.35. The molecule has 0 N–H and O–H groups in total. The average Bonchev–Trinajstić information content (AvgIpc) is 2.59. The minimum Gasteiger partial charge on any atom is -0.256 e. The SMILES string of the molecule is Cc1cc2c(cc1C(F)(F)F)-c1ccnc(C3=CC(C)CC(C)C3)c1CC2C. The van der Waals surface area contributed by atoms with Crippen LogP contribution in [0.2, 0.25) is 0 Å². The number of halogens is 3. The monoisotopic (exact) mass is 385 g/mol. The van der Waals surface area contributed by atoms with E-state index in [1.54, 1.807) is 19.2 Å². The molecule has 1 aromatic carbocycles. The summed E-state index contributed by atoms with van der Waals surface area (Å²) in [5.74, 6) is 1.27. The van der Waals surface area contributed by atoms with Crippen LogP contribution in [0.5, 0.6) is 0 Å². The first-order valence-corrected chi connectivity index (χ1v) is 10.1. The maximum atomic E-state index is 13.5. The Bertz CT molecular complexity index is 955. The van der Waals surface area contributed by atoms with Crippen molar-refractivity contribution in [2.45, 2.75) is 59.1 Å². The van der Waals surface area contributed by atoms with E-state index in [9.17, 15) is 13.2 Å². The van der Waals surface area contributed by atoms with E-state index in [1.165, 1.54) is 18.1 Å². The molecule has 0 radical (unpaired) electrons. The Morgan fingerprint density at radius 3 is 2.46 bits per heavy atom. The minimum absolute atomic E-state index is 0.172. The number of aromatic nitrogens is 1. The van der Waals surface area contributed by atoms with E-state index >= 15 is 0 Å². The van der Waals surface area contributed by atoms with Crippen molar-refractivity contribution >= 4 is 5.57 Å². The molecule has 2 aliphatic carbocycles. The van der Waals surface area contributed by atoms with Crippen LogP contribution in [-0.4, -0.2) is 4.98 Å². The van der Waals surface area contributed by atoms with Gasteiger partial charge in [0.15, 0.2) is 0 Å². The first kappa shape index (κ1) is 19.2. The lowest BCUT2D eigenvalue weighted by molar-refractivity contribution is -0.138. The van der Waals surface area contributed by atoms with Crippen molar-refractivity contribution in [2.75, 3.05) is 0 Å². The number of hydrogen-bond donors (Lipinski definition) is 0. The molecule has 1 heterocycles. The molecule has 28 heavy (non-hydrogen) atoms. The van der Waals surface area contributed by atoms with Crippen LogP contribution in [0.25, 0.3) is 16.7 Å². The second-order valence-electron chi connectivity index (χ2n) is 8.76. The normalized spacial score (nSPS) is 24.4. The van der Waals surface area contributed by atoms with Gasteiger partial charge in [0.25, 0.3) is 0 Å². The number of pyridine rings is 1. The van der Waals surface area contributed by atoms with E-state index in [0.29, 0.717) is 23.0 Å². The summed E-state index contributed by atoms with van der Waals surface area (Å²) in [6, 6.07) is 4.97. The summed E-state index contributed by atoms with van der Waals surface area (Å²) in [4.78, 5) is 4.69. The van der Waals surface area contributed by atoms with Crippen molar-refractivity contribution in [3.8, 4) is 11.1 Å². The number of rotatable bonds is 1. The Hall–Kier alpha value is -2.10. The molecule has 0 aliphatic heterocycles. The molecular formula is C24H26F3N.